The summed E-state index contributed by atoms with van der Waals surface area (Å²) in [6.07, 6.45) is 6.36. The van der Waals surface area contributed by atoms with Crippen LogP contribution in [0.15, 0.2) is 23.3 Å². The van der Waals surface area contributed by atoms with Crippen LogP contribution in [-0.2, 0) is 19.1 Å². The fraction of sp³-hybridized carbons (Fsp3) is 0.786. The van der Waals surface area contributed by atoms with Gasteiger partial charge in [0.25, 0.3) is 0 Å². The lowest BCUT2D eigenvalue weighted by molar-refractivity contribution is -0.183. The first-order valence-electron chi connectivity index (χ1n) is 13.1. The monoisotopic (exact) mass is 470 g/mol. The Labute approximate surface area is 201 Å². The van der Waals surface area contributed by atoms with Crippen LogP contribution in [0.3, 0.4) is 0 Å². The van der Waals surface area contributed by atoms with E-state index >= 15 is 0 Å². The number of carbonyl (C=O) groups is 2. The lowest BCUT2D eigenvalue weighted by Gasteiger charge is -2.60. The number of hydrogen-bond acceptors (Lipinski definition) is 6. The van der Waals surface area contributed by atoms with Gasteiger partial charge in [-0.2, -0.15) is 0 Å². The molecule has 186 valence electrons. The van der Waals surface area contributed by atoms with Gasteiger partial charge in [0.15, 0.2) is 5.78 Å². The van der Waals surface area contributed by atoms with E-state index in [0.29, 0.717) is 29.4 Å². The first kappa shape index (κ1) is 22.9. The molecule has 1 saturated heterocycles. The first-order valence-corrected chi connectivity index (χ1v) is 13.1. The number of cyclic esters (lactones) is 1. The van der Waals surface area contributed by atoms with E-state index in [4.69, 9.17) is 9.47 Å². The lowest BCUT2D eigenvalue weighted by Crippen LogP contribution is -2.67. The van der Waals surface area contributed by atoms with Crippen molar-refractivity contribution in [3.8, 4) is 0 Å². The van der Waals surface area contributed by atoms with Crippen LogP contribution in [0.25, 0.3) is 0 Å². The molecule has 6 aliphatic rings. The number of epoxide rings is 1. The third-order valence-electron chi connectivity index (χ3n) is 11.7. The van der Waals surface area contributed by atoms with Gasteiger partial charge in [-0.1, -0.05) is 19.9 Å². The highest BCUT2D eigenvalue weighted by molar-refractivity contribution is 5.97. The van der Waals surface area contributed by atoms with E-state index in [1.54, 1.807) is 13.0 Å². The van der Waals surface area contributed by atoms with E-state index in [-0.39, 0.29) is 47.1 Å². The maximum Gasteiger partial charge on any atom is 0.334 e. The van der Waals surface area contributed by atoms with E-state index < -0.39 is 23.2 Å². The predicted octanol–water partition coefficient (Wildman–Crippen LogP) is 3.35. The van der Waals surface area contributed by atoms with E-state index in [1.807, 2.05) is 19.9 Å². The Balaban J connectivity index is 1.31. The van der Waals surface area contributed by atoms with Crippen molar-refractivity contribution in [2.24, 2.45) is 40.4 Å². The van der Waals surface area contributed by atoms with Crippen LogP contribution in [-0.4, -0.2) is 52.0 Å². The second-order valence-electron chi connectivity index (χ2n) is 12.6. The molecule has 4 fully saturated rings. The van der Waals surface area contributed by atoms with Gasteiger partial charge in [0, 0.05) is 5.57 Å². The van der Waals surface area contributed by atoms with Gasteiger partial charge in [-0.25, -0.2) is 4.79 Å². The molecule has 0 aromatic heterocycles. The molecule has 6 rings (SSSR count). The fourth-order valence-electron chi connectivity index (χ4n) is 9.42. The molecule has 3 saturated carbocycles. The summed E-state index contributed by atoms with van der Waals surface area (Å²) < 4.78 is 12.0. The standard InChI is InChI=1S/C28H38O6/c1-13-14(2)25(31)34-22(21(13)30)15(3)16-8-9-17-20-18(10-12-26(16,17)4)27(5)19(29)7-6-11-28(27,32)24-23(20)33-24/h6-7,15-18,20-24,30,32H,8-12H2,1-5H3/t15-,16+,17-,18-,20-,21-,22-,23-,24-,26+,27-,28-/m0/s1. The summed E-state index contributed by atoms with van der Waals surface area (Å²) in [6, 6.07) is 0. The molecule has 2 aliphatic heterocycles. The van der Waals surface area contributed by atoms with E-state index in [2.05, 4.69) is 13.8 Å². The van der Waals surface area contributed by atoms with Gasteiger partial charge in [0.1, 0.15) is 23.9 Å². The molecule has 0 radical (unpaired) electrons. The Bertz CT molecular complexity index is 1010. The molecule has 4 aliphatic carbocycles. The smallest absolute Gasteiger partial charge is 0.334 e. The van der Waals surface area contributed by atoms with E-state index in [1.165, 1.54) is 0 Å². The van der Waals surface area contributed by atoms with Crippen molar-refractivity contribution in [2.45, 2.75) is 96.7 Å². The first-order chi connectivity index (χ1) is 16.0. The number of ketones is 1. The fourth-order valence-corrected chi connectivity index (χ4v) is 9.42. The van der Waals surface area contributed by atoms with Crippen LogP contribution in [0.1, 0.15) is 66.7 Å². The van der Waals surface area contributed by atoms with Gasteiger partial charge >= 0.3 is 5.97 Å². The number of ether oxygens (including phenoxy) is 2. The van der Waals surface area contributed by atoms with Crippen LogP contribution >= 0.6 is 0 Å². The normalized spacial score (nSPS) is 54.6. The minimum absolute atomic E-state index is 0.0204. The molecular formula is C28H38O6. The highest BCUT2D eigenvalue weighted by Crippen LogP contribution is 2.71. The minimum Gasteiger partial charge on any atom is -0.456 e. The molecule has 34 heavy (non-hydrogen) atoms. The Morgan fingerprint density at radius 1 is 1.12 bits per heavy atom. The molecule has 12 atom stereocenters. The van der Waals surface area contributed by atoms with Crippen molar-refractivity contribution in [3.05, 3.63) is 23.3 Å². The van der Waals surface area contributed by atoms with Crippen LogP contribution < -0.4 is 0 Å². The number of aliphatic hydroxyl groups excluding tert-OH is 1. The largest absolute Gasteiger partial charge is 0.456 e. The molecule has 0 bridgehead atoms. The third kappa shape index (κ3) is 2.58. The molecule has 0 aromatic carbocycles. The summed E-state index contributed by atoms with van der Waals surface area (Å²) in [5.74, 6) is 0.821. The van der Waals surface area contributed by atoms with Gasteiger partial charge in [0.2, 0.25) is 0 Å². The molecule has 0 unspecified atom stereocenters. The molecule has 2 heterocycles. The zero-order valence-electron chi connectivity index (χ0n) is 20.9. The highest BCUT2D eigenvalue weighted by atomic mass is 16.6. The van der Waals surface area contributed by atoms with Gasteiger partial charge in [-0.05, 0) is 99.5 Å². The summed E-state index contributed by atoms with van der Waals surface area (Å²) in [5.41, 5.74) is -0.658. The number of aliphatic hydroxyl groups is 2. The predicted molar refractivity (Wildman–Crippen MR) is 124 cm³/mol. The summed E-state index contributed by atoms with van der Waals surface area (Å²) >= 11 is 0. The van der Waals surface area contributed by atoms with Crippen molar-refractivity contribution in [2.75, 3.05) is 0 Å². The van der Waals surface area contributed by atoms with E-state index in [0.717, 1.165) is 25.7 Å². The van der Waals surface area contributed by atoms with Crippen LogP contribution in [0, 0.1) is 40.4 Å². The number of allylic oxidation sites excluding steroid dienone is 1. The minimum atomic E-state index is -1.11. The summed E-state index contributed by atoms with van der Waals surface area (Å²) in [4.78, 5) is 25.7. The Hall–Kier alpha value is -1.50. The van der Waals surface area contributed by atoms with E-state index in [9.17, 15) is 19.8 Å². The van der Waals surface area contributed by atoms with Crippen molar-refractivity contribution < 1.29 is 29.3 Å². The zero-order valence-corrected chi connectivity index (χ0v) is 20.9. The molecule has 6 nitrogen and oxygen atoms in total. The Morgan fingerprint density at radius 3 is 2.59 bits per heavy atom. The molecule has 6 heteroatoms. The maximum atomic E-state index is 13.3. The SMILES string of the molecule is CC1=C(C)[C@H](O)[C@H]([C@@H](C)[C@H]2CC[C@H]3[C@@H]4[C@@H]5O[C@@H]5[C@@]5(O)CC=CC(=O)[C@]5(C)[C@H]4CC[C@]23C)OC1=O. The quantitative estimate of drug-likeness (QED) is 0.475. The molecule has 0 amide bonds. The second-order valence-corrected chi connectivity index (χ2v) is 12.6. The lowest BCUT2D eigenvalue weighted by atomic mass is 9.43. The van der Waals surface area contributed by atoms with Gasteiger partial charge in [-0.3, -0.25) is 4.79 Å². The molecular weight excluding hydrogens is 432 g/mol. The number of hydrogen-bond donors (Lipinski definition) is 2. The number of carbonyl (C=O) groups excluding carboxylic acids is 2. The Morgan fingerprint density at radius 2 is 1.85 bits per heavy atom. The molecule has 0 spiro atoms. The zero-order chi connectivity index (χ0) is 24.4. The van der Waals surface area contributed by atoms with Gasteiger partial charge in [0.05, 0.1) is 11.5 Å². The van der Waals surface area contributed by atoms with Gasteiger partial charge < -0.3 is 19.7 Å². The number of rotatable bonds is 2. The average Bonchev–Trinajstić information content (AvgIpc) is 3.53. The van der Waals surface area contributed by atoms with Crippen LogP contribution in [0.4, 0.5) is 0 Å². The third-order valence-corrected chi connectivity index (χ3v) is 11.7. The molecule has 0 aromatic rings. The number of esters is 1. The second kappa shape index (κ2) is 7.04. The highest BCUT2D eigenvalue weighted by Gasteiger charge is 2.77. The van der Waals surface area contributed by atoms with Crippen LogP contribution in [0.5, 0.6) is 0 Å². The Kier molecular flexibility index (Phi) is 4.75. The topological polar surface area (TPSA) is 96.4 Å². The summed E-state index contributed by atoms with van der Waals surface area (Å²) in [5, 5.41) is 22.7. The van der Waals surface area contributed by atoms with Gasteiger partial charge in [-0.15, -0.1) is 0 Å². The average molecular weight is 471 g/mol. The van der Waals surface area contributed by atoms with Crippen molar-refractivity contribution in [1.82, 2.24) is 0 Å². The maximum absolute atomic E-state index is 13.3. The van der Waals surface area contributed by atoms with Crippen molar-refractivity contribution in [1.29, 1.82) is 0 Å². The summed E-state index contributed by atoms with van der Waals surface area (Å²) in [6.45, 7) is 10.0. The summed E-state index contributed by atoms with van der Waals surface area (Å²) in [7, 11) is 0. The van der Waals surface area contributed by atoms with Crippen molar-refractivity contribution in [3.63, 3.8) is 0 Å². The molecule has 2 N–H and O–H groups in total. The number of fused-ring (bicyclic) bond motifs is 8. The van der Waals surface area contributed by atoms with Crippen LogP contribution in [0.2, 0.25) is 0 Å². The van der Waals surface area contributed by atoms with Crippen molar-refractivity contribution >= 4 is 11.8 Å².